The Labute approximate surface area is 70.5 Å². The van der Waals surface area contributed by atoms with Crippen LogP contribution in [0.5, 0.6) is 0 Å². The fourth-order valence-electron chi connectivity index (χ4n) is 0.433. The van der Waals surface area contributed by atoms with Crippen molar-refractivity contribution >= 4 is 11.9 Å². The number of hydrogen-bond donors (Lipinski definition) is 2. The predicted molar refractivity (Wildman–Crippen MR) is 40.8 cm³/mol. The molecule has 1 atom stereocenters. The molecule has 1 unspecified atom stereocenters. The molecule has 5 nitrogen and oxygen atoms in total. The average Bonchev–Trinajstić information content (AvgIpc) is 2.36. The van der Waals surface area contributed by atoms with Crippen LogP contribution in [0.3, 0.4) is 0 Å². The summed E-state index contributed by atoms with van der Waals surface area (Å²) in [5, 5.41) is 8.14. The Morgan fingerprint density at radius 2 is 1.83 bits per heavy atom. The molecular weight excluding hydrogens is 162 g/mol. The molecule has 0 saturated carbocycles. The molecule has 0 aliphatic carbocycles. The summed E-state index contributed by atoms with van der Waals surface area (Å²) in [4.78, 5) is 20.0. The van der Waals surface area contributed by atoms with Crippen molar-refractivity contribution in [3.63, 3.8) is 0 Å². The molecule has 0 radical (unpaired) electrons. The van der Waals surface area contributed by atoms with Crippen LogP contribution < -0.4 is 5.73 Å². The molecule has 0 aromatic rings. The molecule has 1 aliphatic rings. The fraction of sp³-hybridized carbons (Fsp3) is 0.714. The van der Waals surface area contributed by atoms with Gasteiger partial charge in [-0.25, -0.2) is 0 Å². The highest BCUT2D eigenvalue weighted by Gasteiger charge is 2.19. The van der Waals surface area contributed by atoms with Crippen LogP contribution in [-0.4, -0.2) is 23.3 Å². The average molecular weight is 175 g/mol. The normalized spacial score (nSPS) is 17.9. The number of ether oxygens (including phenoxy) is 1. The van der Waals surface area contributed by atoms with E-state index in [1.807, 2.05) is 6.92 Å². The number of aliphatic hydroxyl groups excluding tert-OH is 1. The topological polar surface area (TPSA) is 89.6 Å². The van der Waals surface area contributed by atoms with E-state index < -0.39 is 18.2 Å². The van der Waals surface area contributed by atoms with Crippen molar-refractivity contribution in [3.05, 3.63) is 0 Å². The Balaban J connectivity index is 0.000000217. The van der Waals surface area contributed by atoms with E-state index in [0.29, 0.717) is 6.42 Å². The van der Waals surface area contributed by atoms with Gasteiger partial charge >= 0.3 is 11.9 Å². The molecule has 5 heteroatoms. The number of hydrogen-bond acceptors (Lipinski definition) is 5. The van der Waals surface area contributed by atoms with Crippen LogP contribution in [-0.2, 0) is 14.3 Å². The summed E-state index contributed by atoms with van der Waals surface area (Å²) in [6.45, 7) is 1.82. The summed E-state index contributed by atoms with van der Waals surface area (Å²) >= 11 is 0. The van der Waals surface area contributed by atoms with E-state index in [1.54, 1.807) is 0 Å². The van der Waals surface area contributed by atoms with Crippen molar-refractivity contribution in [2.45, 2.75) is 32.4 Å². The van der Waals surface area contributed by atoms with Gasteiger partial charge in [0.25, 0.3) is 0 Å². The lowest BCUT2D eigenvalue weighted by molar-refractivity contribution is -0.151. The minimum Gasteiger partial charge on any atom is -0.393 e. The van der Waals surface area contributed by atoms with Crippen LogP contribution in [0.4, 0.5) is 0 Å². The van der Waals surface area contributed by atoms with Gasteiger partial charge in [-0.3, -0.25) is 9.59 Å². The quantitative estimate of drug-likeness (QED) is 0.319. The number of esters is 2. The highest BCUT2D eigenvalue weighted by Crippen LogP contribution is 2.03. The molecule has 1 rings (SSSR count). The molecule has 0 aromatic carbocycles. The van der Waals surface area contributed by atoms with Crippen LogP contribution in [0, 0.1) is 0 Å². The smallest absolute Gasteiger partial charge is 0.314 e. The van der Waals surface area contributed by atoms with Crippen LogP contribution in [0.25, 0.3) is 0 Å². The number of rotatable bonds is 1. The second-order valence-electron chi connectivity index (χ2n) is 2.32. The molecule has 0 spiro atoms. The maximum atomic E-state index is 10.0. The molecule has 0 aromatic heterocycles. The van der Waals surface area contributed by atoms with Crippen LogP contribution >= 0.6 is 0 Å². The van der Waals surface area contributed by atoms with E-state index in [1.165, 1.54) is 0 Å². The van der Waals surface area contributed by atoms with Gasteiger partial charge in [0.2, 0.25) is 0 Å². The van der Waals surface area contributed by atoms with Crippen LogP contribution in [0.15, 0.2) is 0 Å². The Morgan fingerprint density at radius 1 is 1.50 bits per heavy atom. The summed E-state index contributed by atoms with van der Waals surface area (Å²) in [5.41, 5.74) is 4.85. The van der Waals surface area contributed by atoms with Gasteiger partial charge in [-0.15, -0.1) is 0 Å². The molecule has 12 heavy (non-hydrogen) atoms. The second kappa shape index (κ2) is 5.68. The van der Waals surface area contributed by atoms with Gasteiger partial charge in [-0.2, -0.15) is 0 Å². The van der Waals surface area contributed by atoms with Gasteiger partial charge in [0, 0.05) is 0 Å². The van der Waals surface area contributed by atoms with Crippen molar-refractivity contribution in [2.75, 3.05) is 0 Å². The number of cyclic esters (lactones) is 2. The van der Waals surface area contributed by atoms with Crippen molar-refractivity contribution in [1.29, 1.82) is 0 Å². The van der Waals surface area contributed by atoms with Crippen molar-refractivity contribution in [2.24, 2.45) is 5.73 Å². The third kappa shape index (κ3) is 5.82. The zero-order valence-electron chi connectivity index (χ0n) is 6.95. The molecule has 0 bridgehead atoms. The SMILES string of the molecule is CCC(N)O.O=C1CCC(=O)O1. The first kappa shape index (κ1) is 11.1. The summed E-state index contributed by atoms with van der Waals surface area (Å²) in [6.07, 6.45) is 0.549. The summed E-state index contributed by atoms with van der Waals surface area (Å²) in [5.74, 6) is -0.796. The molecule has 1 saturated heterocycles. The van der Waals surface area contributed by atoms with E-state index in [-0.39, 0.29) is 12.8 Å². The summed E-state index contributed by atoms with van der Waals surface area (Å²) < 4.78 is 4.08. The fourth-order valence-corrected chi connectivity index (χ4v) is 0.433. The van der Waals surface area contributed by atoms with Gasteiger partial charge in [-0.1, -0.05) is 6.92 Å². The lowest BCUT2D eigenvalue weighted by atomic mass is 10.4. The second-order valence-corrected chi connectivity index (χ2v) is 2.32. The molecule has 0 amide bonds. The van der Waals surface area contributed by atoms with Gasteiger partial charge in [-0.05, 0) is 6.42 Å². The number of carbonyl (C=O) groups is 2. The maximum Gasteiger partial charge on any atom is 0.314 e. The highest BCUT2D eigenvalue weighted by atomic mass is 16.6. The van der Waals surface area contributed by atoms with E-state index >= 15 is 0 Å². The maximum absolute atomic E-state index is 10.0. The minimum atomic E-state index is -0.616. The van der Waals surface area contributed by atoms with Gasteiger partial charge in [0.05, 0.1) is 12.8 Å². The van der Waals surface area contributed by atoms with Gasteiger partial charge < -0.3 is 15.6 Å². The molecular formula is C7H13NO4. The predicted octanol–water partition coefficient (Wildman–Crippen LogP) is -0.477. The van der Waals surface area contributed by atoms with E-state index in [2.05, 4.69) is 4.74 Å². The Kier molecular flexibility index (Phi) is 5.23. The molecule has 70 valence electrons. The van der Waals surface area contributed by atoms with Crippen LogP contribution in [0.1, 0.15) is 26.2 Å². The molecule has 3 N–H and O–H groups in total. The van der Waals surface area contributed by atoms with E-state index in [0.717, 1.165) is 0 Å². The Morgan fingerprint density at radius 3 is 1.92 bits per heavy atom. The van der Waals surface area contributed by atoms with E-state index in [4.69, 9.17) is 10.8 Å². The summed E-state index contributed by atoms with van der Waals surface area (Å²) in [6, 6.07) is 0. The monoisotopic (exact) mass is 175 g/mol. The lowest BCUT2D eigenvalue weighted by Gasteiger charge is -1.91. The first-order valence-corrected chi connectivity index (χ1v) is 3.73. The minimum absolute atomic E-state index is 0.263. The lowest BCUT2D eigenvalue weighted by Crippen LogP contribution is -2.16. The third-order valence-electron chi connectivity index (χ3n) is 1.18. The van der Waals surface area contributed by atoms with Crippen molar-refractivity contribution in [1.82, 2.24) is 0 Å². The number of aliphatic hydroxyl groups is 1. The highest BCUT2D eigenvalue weighted by molar-refractivity contribution is 5.92. The van der Waals surface area contributed by atoms with Crippen molar-refractivity contribution < 1.29 is 19.4 Å². The van der Waals surface area contributed by atoms with Crippen LogP contribution in [0.2, 0.25) is 0 Å². The Hall–Kier alpha value is -0.940. The molecule has 1 fully saturated rings. The zero-order valence-corrected chi connectivity index (χ0v) is 6.95. The standard InChI is InChI=1S/C4H4O3.C3H9NO/c5-3-1-2-4(6)7-3;1-2-3(4)5/h1-2H2;3,5H,2,4H2,1H3. The third-order valence-corrected chi connectivity index (χ3v) is 1.18. The largest absolute Gasteiger partial charge is 0.393 e. The molecule has 1 aliphatic heterocycles. The first-order chi connectivity index (χ1) is 5.56. The Bertz CT molecular complexity index is 153. The summed E-state index contributed by atoms with van der Waals surface area (Å²) in [7, 11) is 0. The van der Waals surface area contributed by atoms with E-state index in [9.17, 15) is 9.59 Å². The zero-order chi connectivity index (χ0) is 9.56. The van der Waals surface area contributed by atoms with Crippen molar-refractivity contribution in [3.8, 4) is 0 Å². The first-order valence-electron chi connectivity index (χ1n) is 3.73. The number of carbonyl (C=O) groups excluding carboxylic acids is 2. The number of nitrogens with two attached hydrogens (primary N) is 1. The van der Waals surface area contributed by atoms with Gasteiger partial charge in [0.15, 0.2) is 0 Å². The molecule has 1 heterocycles. The van der Waals surface area contributed by atoms with Gasteiger partial charge in [0.1, 0.15) is 6.23 Å².